The summed E-state index contributed by atoms with van der Waals surface area (Å²) in [6.07, 6.45) is 0.561. The number of hydrogen-bond donors (Lipinski definition) is 7. The number of anilines is 3. The summed E-state index contributed by atoms with van der Waals surface area (Å²) in [6, 6.07) is 1.81. The Labute approximate surface area is 146 Å². The second kappa shape index (κ2) is 6.51. The van der Waals surface area contributed by atoms with E-state index in [0.29, 0.717) is 17.0 Å². The fourth-order valence-electron chi connectivity index (χ4n) is 2.90. The second-order valence-electron chi connectivity index (χ2n) is 5.82. The summed E-state index contributed by atoms with van der Waals surface area (Å²) in [5.41, 5.74) is 3.90. The molecule has 0 saturated carbocycles. The van der Waals surface area contributed by atoms with Crippen molar-refractivity contribution in [2.75, 3.05) is 17.3 Å². The van der Waals surface area contributed by atoms with Crippen LogP contribution in [0.5, 0.6) is 0 Å². The van der Waals surface area contributed by atoms with Crippen molar-refractivity contribution < 1.29 is 20.1 Å². The molecule has 0 amide bonds. The first-order valence-electron chi connectivity index (χ1n) is 7.86. The van der Waals surface area contributed by atoms with Gasteiger partial charge in [0.15, 0.2) is 23.2 Å². The van der Waals surface area contributed by atoms with Crippen LogP contribution in [-0.2, 0) is 4.74 Å². The lowest BCUT2D eigenvalue weighted by molar-refractivity contribution is -0.0511. The first-order valence-corrected chi connectivity index (χ1v) is 7.86. The third kappa shape index (κ3) is 2.65. The molecule has 12 nitrogen and oxygen atoms in total. The molecule has 0 radical (unpaired) electrons. The van der Waals surface area contributed by atoms with Crippen molar-refractivity contribution in [1.29, 1.82) is 0 Å². The Morgan fingerprint density at radius 3 is 2.81 bits per heavy atom. The number of aromatic nitrogens is 5. The summed E-state index contributed by atoms with van der Waals surface area (Å²) in [7, 11) is 0. The standard InChI is InChI=1S/C14H18N8O4/c15-21-14-19-11(18-6-1-2-16-3-6)8-12(20-14)22(5-17-8)13-10(25)9(24)7(4-23)26-13/h1-3,5,7,9-10,13,16,23-25H,4,15H2,(H2,18,19,20,21)/t7-,9+,10+,13-/m1/s1. The Kier molecular flexibility index (Phi) is 4.18. The van der Waals surface area contributed by atoms with Crippen molar-refractivity contribution in [2.45, 2.75) is 24.5 Å². The van der Waals surface area contributed by atoms with Gasteiger partial charge in [-0.25, -0.2) is 10.8 Å². The van der Waals surface area contributed by atoms with Crippen molar-refractivity contribution in [2.24, 2.45) is 5.84 Å². The first-order chi connectivity index (χ1) is 12.6. The van der Waals surface area contributed by atoms with E-state index in [1.54, 1.807) is 12.4 Å². The van der Waals surface area contributed by atoms with Gasteiger partial charge in [0, 0.05) is 12.4 Å². The molecule has 1 fully saturated rings. The topological polar surface area (TPSA) is 179 Å². The fraction of sp³-hybridized carbons (Fsp3) is 0.357. The van der Waals surface area contributed by atoms with Crippen molar-refractivity contribution in [1.82, 2.24) is 24.5 Å². The molecule has 12 heteroatoms. The van der Waals surface area contributed by atoms with Crippen LogP contribution < -0.4 is 16.6 Å². The lowest BCUT2D eigenvalue weighted by atomic mass is 10.1. The number of hydrazine groups is 1. The molecule has 138 valence electrons. The van der Waals surface area contributed by atoms with E-state index in [0.717, 1.165) is 5.69 Å². The zero-order valence-electron chi connectivity index (χ0n) is 13.4. The molecule has 0 aromatic carbocycles. The average molecular weight is 362 g/mol. The van der Waals surface area contributed by atoms with Gasteiger partial charge in [-0.1, -0.05) is 0 Å². The molecule has 1 aliphatic rings. The highest BCUT2D eigenvalue weighted by atomic mass is 16.6. The summed E-state index contributed by atoms with van der Waals surface area (Å²) >= 11 is 0. The summed E-state index contributed by atoms with van der Waals surface area (Å²) in [6.45, 7) is -0.424. The summed E-state index contributed by atoms with van der Waals surface area (Å²) < 4.78 is 7.00. The number of imidazole rings is 1. The van der Waals surface area contributed by atoms with Crippen LogP contribution in [0.15, 0.2) is 24.8 Å². The van der Waals surface area contributed by atoms with Gasteiger partial charge in [-0.3, -0.25) is 9.99 Å². The van der Waals surface area contributed by atoms with Crippen molar-refractivity contribution in [3.05, 3.63) is 24.8 Å². The predicted molar refractivity (Wildman–Crippen MR) is 90.2 cm³/mol. The molecule has 1 saturated heterocycles. The molecular weight excluding hydrogens is 344 g/mol. The van der Waals surface area contributed by atoms with E-state index in [4.69, 9.17) is 10.6 Å². The number of nitrogens with zero attached hydrogens (tertiary/aromatic N) is 4. The number of aliphatic hydroxyl groups is 3. The molecule has 4 rings (SSSR count). The molecule has 26 heavy (non-hydrogen) atoms. The van der Waals surface area contributed by atoms with Crippen LogP contribution in [0.4, 0.5) is 17.5 Å². The van der Waals surface area contributed by atoms with E-state index >= 15 is 0 Å². The van der Waals surface area contributed by atoms with Crippen LogP contribution in [0.1, 0.15) is 6.23 Å². The van der Waals surface area contributed by atoms with E-state index in [1.807, 2.05) is 6.07 Å². The van der Waals surface area contributed by atoms with Crippen LogP contribution >= 0.6 is 0 Å². The van der Waals surface area contributed by atoms with Gasteiger partial charge in [-0.05, 0) is 6.07 Å². The lowest BCUT2D eigenvalue weighted by Crippen LogP contribution is -2.33. The summed E-state index contributed by atoms with van der Waals surface area (Å²) in [4.78, 5) is 15.7. The molecule has 4 heterocycles. The zero-order chi connectivity index (χ0) is 18.3. The molecular formula is C14H18N8O4. The molecule has 3 aromatic rings. The van der Waals surface area contributed by atoms with Gasteiger partial charge in [0.2, 0.25) is 5.95 Å². The average Bonchev–Trinajstić information content (AvgIpc) is 3.36. The normalized spacial score (nSPS) is 25.7. The van der Waals surface area contributed by atoms with E-state index in [-0.39, 0.29) is 5.95 Å². The number of aromatic amines is 1. The van der Waals surface area contributed by atoms with Gasteiger partial charge in [0.25, 0.3) is 0 Å². The van der Waals surface area contributed by atoms with Gasteiger partial charge in [0.05, 0.1) is 18.6 Å². The van der Waals surface area contributed by atoms with Crippen LogP contribution in [0, 0.1) is 0 Å². The fourth-order valence-corrected chi connectivity index (χ4v) is 2.90. The molecule has 8 N–H and O–H groups in total. The maximum absolute atomic E-state index is 10.3. The Hall–Kier alpha value is -2.77. The lowest BCUT2D eigenvalue weighted by Gasteiger charge is -2.17. The number of nitrogen functional groups attached to an aromatic ring is 1. The van der Waals surface area contributed by atoms with Crippen LogP contribution in [0.25, 0.3) is 11.2 Å². The Balaban J connectivity index is 1.78. The van der Waals surface area contributed by atoms with E-state index < -0.39 is 31.1 Å². The molecule has 0 aliphatic carbocycles. The minimum Gasteiger partial charge on any atom is -0.394 e. The Morgan fingerprint density at radius 1 is 1.31 bits per heavy atom. The number of aliphatic hydroxyl groups excluding tert-OH is 3. The van der Waals surface area contributed by atoms with E-state index in [9.17, 15) is 15.3 Å². The predicted octanol–water partition coefficient (Wildman–Crippen LogP) is -1.20. The molecule has 3 aromatic heterocycles. The number of nitrogens with two attached hydrogens (primary N) is 1. The number of fused-ring (bicyclic) bond motifs is 1. The smallest absolute Gasteiger partial charge is 0.241 e. The van der Waals surface area contributed by atoms with Crippen molar-refractivity contribution >= 4 is 28.6 Å². The van der Waals surface area contributed by atoms with Gasteiger partial charge >= 0.3 is 0 Å². The van der Waals surface area contributed by atoms with Gasteiger partial charge in [-0.2, -0.15) is 9.97 Å². The SMILES string of the molecule is NNc1nc(Nc2cc[nH]c2)c2ncn([C@@H]3O[C@H](CO)[C@H](O)[C@@H]3O)c2n1. The minimum absolute atomic E-state index is 0.129. The summed E-state index contributed by atoms with van der Waals surface area (Å²) in [5, 5.41) is 32.6. The largest absolute Gasteiger partial charge is 0.394 e. The third-order valence-electron chi connectivity index (χ3n) is 4.20. The highest BCUT2D eigenvalue weighted by Gasteiger charge is 2.44. The second-order valence-corrected chi connectivity index (χ2v) is 5.82. The van der Waals surface area contributed by atoms with E-state index in [1.165, 1.54) is 10.9 Å². The van der Waals surface area contributed by atoms with Crippen LogP contribution in [-0.4, -0.2) is 64.7 Å². The number of nitrogens with one attached hydrogen (secondary N) is 3. The van der Waals surface area contributed by atoms with Crippen LogP contribution in [0.2, 0.25) is 0 Å². The zero-order valence-corrected chi connectivity index (χ0v) is 13.4. The highest BCUT2D eigenvalue weighted by molar-refractivity contribution is 5.86. The minimum atomic E-state index is -1.25. The molecule has 0 spiro atoms. The number of ether oxygens (including phenoxy) is 1. The van der Waals surface area contributed by atoms with Gasteiger partial charge in [-0.15, -0.1) is 0 Å². The van der Waals surface area contributed by atoms with Crippen molar-refractivity contribution in [3.8, 4) is 0 Å². The Bertz CT molecular complexity index is 898. The summed E-state index contributed by atoms with van der Waals surface area (Å²) in [5.74, 6) is 5.98. The molecule has 4 atom stereocenters. The maximum Gasteiger partial charge on any atom is 0.241 e. The molecule has 1 aliphatic heterocycles. The van der Waals surface area contributed by atoms with Crippen molar-refractivity contribution in [3.63, 3.8) is 0 Å². The quantitative estimate of drug-likeness (QED) is 0.215. The first kappa shape index (κ1) is 16.7. The highest BCUT2D eigenvalue weighted by Crippen LogP contribution is 2.33. The van der Waals surface area contributed by atoms with E-state index in [2.05, 4.69) is 30.7 Å². The number of hydrogen-bond acceptors (Lipinski definition) is 10. The maximum atomic E-state index is 10.3. The van der Waals surface area contributed by atoms with Crippen LogP contribution in [0.3, 0.4) is 0 Å². The Morgan fingerprint density at radius 2 is 2.15 bits per heavy atom. The number of rotatable bonds is 5. The monoisotopic (exact) mass is 362 g/mol. The van der Waals surface area contributed by atoms with Gasteiger partial charge in [0.1, 0.15) is 18.3 Å². The number of H-pyrrole nitrogens is 1. The van der Waals surface area contributed by atoms with Gasteiger partial charge < -0.3 is 30.4 Å². The molecule has 0 bridgehead atoms. The third-order valence-corrected chi connectivity index (χ3v) is 4.20. The molecule has 0 unspecified atom stereocenters.